The number of likely N-dealkylation sites (tertiary alicyclic amines) is 1. The second-order valence-electron chi connectivity index (χ2n) is 6.49. The van der Waals surface area contributed by atoms with Crippen LogP contribution >= 0.6 is 0 Å². The lowest BCUT2D eigenvalue weighted by atomic mass is 9.97. The van der Waals surface area contributed by atoms with Gasteiger partial charge in [0.1, 0.15) is 0 Å². The smallest absolute Gasteiger partial charge is 0.308 e. The fourth-order valence-corrected chi connectivity index (χ4v) is 3.65. The van der Waals surface area contributed by atoms with E-state index in [-0.39, 0.29) is 17.8 Å². The number of rotatable bonds is 3. The summed E-state index contributed by atoms with van der Waals surface area (Å²) in [5.74, 6) is -0.0634. The molecule has 0 N–H and O–H groups in total. The maximum atomic E-state index is 12.6. The van der Waals surface area contributed by atoms with Crippen molar-refractivity contribution in [2.45, 2.75) is 32.2 Å². The Labute approximate surface area is 137 Å². The Hall–Kier alpha value is -2.04. The number of carbonyl (C=O) groups excluding carboxylic acids is 2. The number of anilines is 1. The number of hydrogen-bond donors (Lipinski definition) is 0. The van der Waals surface area contributed by atoms with Crippen LogP contribution in [0.15, 0.2) is 24.3 Å². The average molecular weight is 316 g/mol. The molecule has 2 aliphatic rings. The van der Waals surface area contributed by atoms with Crippen molar-refractivity contribution in [3.8, 4) is 0 Å². The van der Waals surface area contributed by atoms with Crippen molar-refractivity contribution in [1.29, 1.82) is 0 Å². The molecule has 0 spiro atoms. The van der Waals surface area contributed by atoms with Gasteiger partial charge in [-0.1, -0.05) is 18.2 Å². The summed E-state index contributed by atoms with van der Waals surface area (Å²) in [6.07, 6.45) is 2.39. The van der Waals surface area contributed by atoms with Crippen molar-refractivity contribution < 1.29 is 14.3 Å². The Morgan fingerprint density at radius 1 is 1.22 bits per heavy atom. The molecule has 1 aromatic rings. The molecule has 0 radical (unpaired) electrons. The molecular weight excluding hydrogens is 292 g/mol. The maximum Gasteiger partial charge on any atom is 0.308 e. The SMILES string of the molecule is COC(=O)C1CCN(C(=O)CN2c3ccccc3CC2C)CC1. The molecule has 2 aliphatic heterocycles. The van der Waals surface area contributed by atoms with E-state index in [2.05, 4.69) is 30.0 Å². The number of benzene rings is 1. The Morgan fingerprint density at radius 3 is 2.61 bits per heavy atom. The van der Waals surface area contributed by atoms with Crippen LogP contribution in [-0.4, -0.2) is 49.6 Å². The molecule has 23 heavy (non-hydrogen) atoms. The summed E-state index contributed by atoms with van der Waals surface area (Å²) in [7, 11) is 1.42. The van der Waals surface area contributed by atoms with Gasteiger partial charge in [-0.25, -0.2) is 0 Å². The molecule has 0 bridgehead atoms. The van der Waals surface area contributed by atoms with Crippen LogP contribution in [0.1, 0.15) is 25.3 Å². The minimum atomic E-state index is -0.154. The number of esters is 1. The summed E-state index contributed by atoms with van der Waals surface area (Å²) in [6.45, 7) is 3.86. The Balaban J connectivity index is 1.59. The zero-order valence-electron chi connectivity index (χ0n) is 13.8. The van der Waals surface area contributed by atoms with E-state index in [0.717, 1.165) is 6.42 Å². The summed E-state index contributed by atoms with van der Waals surface area (Å²) in [5.41, 5.74) is 2.50. The second kappa shape index (κ2) is 6.60. The van der Waals surface area contributed by atoms with Gasteiger partial charge in [0, 0.05) is 24.8 Å². The van der Waals surface area contributed by atoms with Gasteiger partial charge in [-0.15, -0.1) is 0 Å². The topological polar surface area (TPSA) is 49.9 Å². The first-order valence-electron chi connectivity index (χ1n) is 8.30. The van der Waals surface area contributed by atoms with Gasteiger partial charge >= 0.3 is 5.97 Å². The van der Waals surface area contributed by atoms with Gasteiger partial charge in [0.15, 0.2) is 0 Å². The highest BCUT2D eigenvalue weighted by atomic mass is 16.5. The fourth-order valence-electron chi connectivity index (χ4n) is 3.65. The van der Waals surface area contributed by atoms with Crippen LogP contribution in [0.25, 0.3) is 0 Å². The summed E-state index contributed by atoms with van der Waals surface area (Å²) in [6, 6.07) is 8.65. The largest absolute Gasteiger partial charge is 0.469 e. The first kappa shape index (κ1) is 15.8. The van der Waals surface area contributed by atoms with Crippen LogP contribution in [0.3, 0.4) is 0 Å². The Kier molecular flexibility index (Phi) is 4.55. The first-order chi connectivity index (χ1) is 11.1. The Morgan fingerprint density at radius 2 is 1.91 bits per heavy atom. The Bertz CT molecular complexity index is 594. The minimum Gasteiger partial charge on any atom is -0.469 e. The second-order valence-corrected chi connectivity index (χ2v) is 6.49. The van der Waals surface area contributed by atoms with E-state index in [1.807, 2.05) is 11.0 Å². The molecule has 1 amide bonds. The highest BCUT2D eigenvalue weighted by Gasteiger charge is 2.31. The highest BCUT2D eigenvalue weighted by Crippen LogP contribution is 2.31. The predicted octanol–water partition coefficient (Wildman–Crippen LogP) is 1.85. The van der Waals surface area contributed by atoms with Crippen LogP contribution in [0.2, 0.25) is 0 Å². The molecule has 0 saturated carbocycles. The summed E-state index contributed by atoms with van der Waals surface area (Å²) < 4.78 is 4.80. The third-order valence-electron chi connectivity index (χ3n) is 5.04. The summed E-state index contributed by atoms with van der Waals surface area (Å²) >= 11 is 0. The van der Waals surface area contributed by atoms with Crippen molar-refractivity contribution in [3.63, 3.8) is 0 Å². The number of nitrogens with zero attached hydrogens (tertiary/aromatic N) is 2. The molecule has 5 nitrogen and oxygen atoms in total. The third-order valence-corrected chi connectivity index (χ3v) is 5.04. The minimum absolute atomic E-state index is 0.0597. The van der Waals surface area contributed by atoms with E-state index in [9.17, 15) is 9.59 Å². The van der Waals surface area contributed by atoms with E-state index < -0.39 is 0 Å². The monoisotopic (exact) mass is 316 g/mol. The highest BCUT2D eigenvalue weighted by molar-refractivity contribution is 5.83. The van der Waals surface area contributed by atoms with E-state index in [0.29, 0.717) is 38.5 Å². The molecule has 3 rings (SSSR count). The van der Waals surface area contributed by atoms with Crippen molar-refractivity contribution in [2.75, 3.05) is 31.6 Å². The lowest BCUT2D eigenvalue weighted by Gasteiger charge is -2.33. The lowest BCUT2D eigenvalue weighted by Crippen LogP contribution is -2.46. The first-order valence-corrected chi connectivity index (χ1v) is 8.30. The predicted molar refractivity (Wildman–Crippen MR) is 88.3 cm³/mol. The number of ether oxygens (including phenoxy) is 1. The summed E-state index contributed by atoms with van der Waals surface area (Å²) in [4.78, 5) is 28.3. The maximum absolute atomic E-state index is 12.6. The van der Waals surface area contributed by atoms with Crippen molar-refractivity contribution in [1.82, 2.24) is 4.90 Å². The molecule has 5 heteroatoms. The third kappa shape index (κ3) is 3.19. The van der Waals surface area contributed by atoms with E-state index in [1.165, 1.54) is 18.4 Å². The zero-order chi connectivity index (χ0) is 16.4. The van der Waals surface area contributed by atoms with Crippen LogP contribution in [0.4, 0.5) is 5.69 Å². The van der Waals surface area contributed by atoms with Gasteiger partial charge in [-0.05, 0) is 37.8 Å². The molecule has 1 aromatic carbocycles. The number of para-hydroxylation sites is 1. The summed E-state index contributed by atoms with van der Waals surface area (Å²) in [5, 5.41) is 0. The molecule has 1 saturated heterocycles. The number of amides is 1. The molecule has 0 aliphatic carbocycles. The van der Waals surface area contributed by atoms with E-state index in [4.69, 9.17) is 4.74 Å². The normalized spacial score (nSPS) is 21.2. The van der Waals surface area contributed by atoms with Crippen molar-refractivity contribution in [2.24, 2.45) is 5.92 Å². The van der Waals surface area contributed by atoms with E-state index in [1.54, 1.807) is 0 Å². The number of piperidine rings is 1. The van der Waals surface area contributed by atoms with Gasteiger partial charge in [0.2, 0.25) is 5.91 Å². The van der Waals surface area contributed by atoms with Crippen LogP contribution in [0, 0.1) is 5.92 Å². The van der Waals surface area contributed by atoms with Gasteiger partial charge in [-0.3, -0.25) is 9.59 Å². The molecule has 0 aromatic heterocycles. The van der Waals surface area contributed by atoms with Crippen LogP contribution < -0.4 is 4.90 Å². The molecule has 2 heterocycles. The zero-order valence-corrected chi connectivity index (χ0v) is 13.8. The van der Waals surface area contributed by atoms with Gasteiger partial charge < -0.3 is 14.5 Å². The van der Waals surface area contributed by atoms with Gasteiger partial charge in [-0.2, -0.15) is 0 Å². The van der Waals surface area contributed by atoms with Crippen molar-refractivity contribution in [3.05, 3.63) is 29.8 Å². The molecular formula is C18H24N2O3. The standard InChI is InChI=1S/C18H24N2O3/c1-13-11-15-5-3-4-6-16(15)20(13)12-17(21)19-9-7-14(8-10-19)18(22)23-2/h3-6,13-14H,7-12H2,1-2H3. The lowest BCUT2D eigenvalue weighted by molar-refractivity contribution is -0.148. The number of fused-ring (bicyclic) bond motifs is 1. The molecule has 124 valence electrons. The van der Waals surface area contributed by atoms with E-state index >= 15 is 0 Å². The molecule has 1 atom stereocenters. The van der Waals surface area contributed by atoms with Crippen LogP contribution in [-0.2, 0) is 20.7 Å². The fraction of sp³-hybridized carbons (Fsp3) is 0.556. The number of carbonyl (C=O) groups is 2. The molecule has 1 fully saturated rings. The van der Waals surface area contributed by atoms with Crippen molar-refractivity contribution >= 4 is 17.6 Å². The van der Waals surface area contributed by atoms with Crippen LogP contribution in [0.5, 0.6) is 0 Å². The average Bonchev–Trinajstić information content (AvgIpc) is 2.90. The quantitative estimate of drug-likeness (QED) is 0.799. The van der Waals surface area contributed by atoms with Gasteiger partial charge in [0.25, 0.3) is 0 Å². The molecule has 1 unspecified atom stereocenters. The number of methoxy groups -OCH3 is 1. The number of hydrogen-bond acceptors (Lipinski definition) is 4. The van der Waals surface area contributed by atoms with Gasteiger partial charge in [0.05, 0.1) is 19.6 Å².